The van der Waals surface area contributed by atoms with E-state index in [0.29, 0.717) is 30.6 Å². The van der Waals surface area contributed by atoms with Crippen LogP contribution >= 0.6 is 11.6 Å². The molecule has 1 N–H and O–H groups in total. The predicted molar refractivity (Wildman–Crippen MR) is 114 cm³/mol. The minimum Gasteiger partial charge on any atom is -0.506 e. The summed E-state index contributed by atoms with van der Waals surface area (Å²) in [6.07, 6.45) is 3.69. The monoisotopic (exact) mass is 443 g/mol. The van der Waals surface area contributed by atoms with E-state index in [9.17, 15) is 18.3 Å². The van der Waals surface area contributed by atoms with Gasteiger partial charge in [-0.1, -0.05) is 24.6 Å². The molecule has 3 rings (SSSR count). The van der Waals surface area contributed by atoms with E-state index >= 15 is 0 Å². The summed E-state index contributed by atoms with van der Waals surface area (Å²) in [4.78, 5) is 17.2. The lowest BCUT2D eigenvalue weighted by molar-refractivity contribution is -0.136. The Kier molecular flexibility index (Phi) is 7.09. The van der Waals surface area contributed by atoms with Gasteiger partial charge in [-0.3, -0.25) is 9.69 Å². The molecule has 0 bridgehead atoms. The van der Waals surface area contributed by atoms with E-state index in [0.717, 1.165) is 44.6 Å². The third-order valence-corrected chi connectivity index (χ3v) is 7.62. The summed E-state index contributed by atoms with van der Waals surface area (Å²) >= 11 is 5.96. The molecule has 1 aromatic rings. The molecule has 2 aliphatic rings. The predicted octanol–water partition coefficient (Wildman–Crippen LogP) is 1.79. The molecule has 9 heteroatoms. The third-order valence-electron chi connectivity index (χ3n) is 6.01. The van der Waals surface area contributed by atoms with Crippen LogP contribution in [0.25, 0.3) is 0 Å². The minimum atomic E-state index is -3.11. The molecule has 1 atom stereocenters. The highest BCUT2D eigenvalue weighted by Gasteiger charge is 2.32. The van der Waals surface area contributed by atoms with Crippen LogP contribution in [0, 0.1) is 5.92 Å². The van der Waals surface area contributed by atoms with Crippen LogP contribution in [0.2, 0.25) is 5.02 Å². The average molecular weight is 444 g/mol. The molecule has 2 aliphatic heterocycles. The zero-order valence-electron chi connectivity index (χ0n) is 17.1. The van der Waals surface area contributed by atoms with Crippen LogP contribution in [-0.2, 0) is 21.2 Å². The first kappa shape index (κ1) is 22.3. The van der Waals surface area contributed by atoms with E-state index < -0.39 is 10.0 Å². The number of rotatable bonds is 5. The molecule has 7 nitrogen and oxygen atoms in total. The first-order valence-electron chi connectivity index (χ1n) is 10.1. The van der Waals surface area contributed by atoms with Crippen molar-refractivity contribution in [2.24, 2.45) is 5.92 Å². The molecule has 0 radical (unpaired) electrons. The van der Waals surface area contributed by atoms with Crippen molar-refractivity contribution >= 4 is 27.5 Å². The van der Waals surface area contributed by atoms with Crippen LogP contribution in [-0.4, -0.2) is 85.1 Å². The number of piperidine rings is 1. The summed E-state index contributed by atoms with van der Waals surface area (Å²) in [7, 11) is -3.11. The number of phenols is 1. The number of phenolic OH excluding ortho intramolecular Hbond substituents is 1. The molecule has 0 spiro atoms. The molecule has 162 valence electrons. The summed E-state index contributed by atoms with van der Waals surface area (Å²) in [5, 5.41) is 9.84. The van der Waals surface area contributed by atoms with Crippen molar-refractivity contribution in [3.63, 3.8) is 0 Å². The van der Waals surface area contributed by atoms with Crippen molar-refractivity contribution in [3.8, 4) is 5.75 Å². The fraction of sp³-hybridized carbons (Fsp3) is 0.650. The Morgan fingerprint density at radius 2 is 1.79 bits per heavy atom. The highest BCUT2D eigenvalue weighted by atomic mass is 35.5. The number of hydrogen-bond acceptors (Lipinski definition) is 5. The highest BCUT2D eigenvalue weighted by molar-refractivity contribution is 7.88. The Morgan fingerprint density at radius 1 is 1.17 bits per heavy atom. The molecular formula is C20H30ClN3O4S. The first-order valence-corrected chi connectivity index (χ1v) is 12.3. The van der Waals surface area contributed by atoms with E-state index in [1.54, 1.807) is 22.5 Å². The van der Waals surface area contributed by atoms with Gasteiger partial charge in [0.05, 0.1) is 11.3 Å². The SMILES string of the molecule is C[C@H](Cc1ccc(O)c(Cl)c1)C(=O)N1CCC(N2CCN(S(C)(=O)=O)CC2)CC1. The topological polar surface area (TPSA) is 81.2 Å². The molecule has 2 heterocycles. The van der Waals surface area contributed by atoms with Crippen LogP contribution in [0.1, 0.15) is 25.3 Å². The van der Waals surface area contributed by atoms with Gasteiger partial charge in [0.25, 0.3) is 0 Å². The summed E-state index contributed by atoms with van der Waals surface area (Å²) < 4.78 is 24.9. The molecule has 0 aromatic heterocycles. The number of sulfonamides is 1. The van der Waals surface area contributed by atoms with Gasteiger partial charge in [0, 0.05) is 51.2 Å². The van der Waals surface area contributed by atoms with Gasteiger partial charge in [0.15, 0.2) is 0 Å². The van der Waals surface area contributed by atoms with Crippen LogP contribution < -0.4 is 0 Å². The van der Waals surface area contributed by atoms with Crippen LogP contribution in [0.15, 0.2) is 18.2 Å². The first-order chi connectivity index (χ1) is 13.6. The number of hydrogen-bond donors (Lipinski definition) is 1. The average Bonchev–Trinajstić information content (AvgIpc) is 2.70. The third kappa shape index (κ3) is 5.63. The highest BCUT2D eigenvalue weighted by Crippen LogP contribution is 2.26. The van der Waals surface area contributed by atoms with Crippen molar-refractivity contribution < 1.29 is 18.3 Å². The van der Waals surface area contributed by atoms with Crippen LogP contribution in [0.4, 0.5) is 0 Å². The second-order valence-electron chi connectivity index (χ2n) is 8.15. The Labute approximate surface area is 178 Å². The van der Waals surface area contributed by atoms with E-state index in [2.05, 4.69) is 4.90 Å². The lowest BCUT2D eigenvalue weighted by Crippen LogP contribution is -2.54. The molecule has 0 unspecified atom stereocenters. The van der Waals surface area contributed by atoms with Crippen molar-refractivity contribution in [2.45, 2.75) is 32.2 Å². The number of halogens is 1. The zero-order chi connectivity index (χ0) is 21.2. The Balaban J connectivity index is 1.47. The fourth-order valence-electron chi connectivity index (χ4n) is 4.28. The van der Waals surface area contributed by atoms with Gasteiger partial charge in [-0.05, 0) is 37.0 Å². The maximum atomic E-state index is 12.8. The number of benzene rings is 1. The van der Waals surface area contributed by atoms with Gasteiger partial charge < -0.3 is 10.0 Å². The van der Waals surface area contributed by atoms with E-state index in [1.807, 2.05) is 11.8 Å². The van der Waals surface area contributed by atoms with E-state index in [-0.39, 0.29) is 17.6 Å². The Hall–Kier alpha value is -1.35. The molecule has 1 amide bonds. The van der Waals surface area contributed by atoms with Crippen LogP contribution in [0.5, 0.6) is 5.75 Å². The van der Waals surface area contributed by atoms with Gasteiger partial charge in [-0.2, -0.15) is 4.31 Å². The normalized spacial score (nSPS) is 21.3. The van der Waals surface area contributed by atoms with Gasteiger partial charge in [-0.25, -0.2) is 8.42 Å². The second-order valence-corrected chi connectivity index (χ2v) is 10.5. The molecule has 1 aromatic carbocycles. The maximum absolute atomic E-state index is 12.8. The van der Waals surface area contributed by atoms with Crippen molar-refractivity contribution in [3.05, 3.63) is 28.8 Å². The van der Waals surface area contributed by atoms with Crippen molar-refractivity contribution in [1.29, 1.82) is 0 Å². The molecule has 0 aliphatic carbocycles. The smallest absolute Gasteiger partial charge is 0.225 e. The number of carbonyl (C=O) groups excluding carboxylic acids is 1. The lowest BCUT2D eigenvalue weighted by Gasteiger charge is -2.42. The quantitative estimate of drug-likeness (QED) is 0.750. The Bertz CT molecular complexity index is 832. The standard InChI is InChI=1S/C20H30ClN3O4S/c1-15(13-16-3-4-19(25)18(21)14-16)20(26)23-7-5-17(6-8-23)22-9-11-24(12-10-22)29(2,27)28/h3-4,14-15,17,25H,5-13H2,1-2H3/t15-/m1/s1. The summed E-state index contributed by atoms with van der Waals surface area (Å²) in [5.41, 5.74) is 0.937. The number of aromatic hydroxyl groups is 1. The van der Waals surface area contributed by atoms with Crippen LogP contribution in [0.3, 0.4) is 0 Å². The second kappa shape index (κ2) is 9.20. The minimum absolute atomic E-state index is 0.0499. The molecular weight excluding hydrogens is 414 g/mol. The number of nitrogens with zero attached hydrogens (tertiary/aromatic N) is 3. The van der Waals surface area contributed by atoms with E-state index in [4.69, 9.17) is 11.6 Å². The van der Waals surface area contributed by atoms with Gasteiger partial charge in [0.1, 0.15) is 5.75 Å². The molecule has 29 heavy (non-hydrogen) atoms. The van der Waals surface area contributed by atoms with Crippen molar-refractivity contribution in [1.82, 2.24) is 14.1 Å². The number of carbonyl (C=O) groups is 1. The summed E-state index contributed by atoms with van der Waals surface area (Å²) in [6.45, 7) is 5.99. The summed E-state index contributed by atoms with van der Waals surface area (Å²) in [5.74, 6) is 0.0499. The fourth-order valence-corrected chi connectivity index (χ4v) is 5.31. The molecule has 0 saturated carbocycles. The lowest BCUT2D eigenvalue weighted by atomic mass is 9.97. The molecule has 2 fully saturated rings. The number of likely N-dealkylation sites (tertiary alicyclic amines) is 1. The van der Waals surface area contributed by atoms with E-state index in [1.165, 1.54) is 6.26 Å². The Morgan fingerprint density at radius 3 is 2.34 bits per heavy atom. The van der Waals surface area contributed by atoms with Crippen molar-refractivity contribution in [2.75, 3.05) is 45.5 Å². The van der Waals surface area contributed by atoms with Gasteiger partial charge in [0.2, 0.25) is 15.9 Å². The van der Waals surface area contributed by atoms with Gasteiger partial charge in [-0.15, -0.1) is 0 Å². The largest absolute Gasteiger partial charge is 0.506 e. The maximum Gasteiger partial charge on any atom is 0.225 e. The number of amides is 1. The van der Waals surface area contributed by atoms with Gasteiger partial charge >= 0.3 is 0 Å². The summed E-state index contributed by atoms with van der Waals surface area (Å²) in [6, 6.07) is 5.48. The molecule has 2 saturated heterocycles. The number of piperazine rings is 1. The zero-order valence-corrected chi connectivity index (χ0v) is 18.6.